The van der Waals surface area contributed by atoms with Crippen molar-refractivity contribution in [3.63, 3.8) is 0 Å². The van der Waals surface area contributed by atoms with Crippen LogP contribution in [0.25, 0.3) is 0 Å². The average molecular weight is 476 g/mol. The minimum Gasteiger partial charge on any atom is -0.490 e. The van der Waals surface area contributed by atoms with Gasteiger partial charge in [0, 0.05) is 23.2 Å². The second-order valence-electron chi connectivity index (χ2n) is 7.67. The van der Waals surface area contributed by atoms with Crippen LogP contribution in [0.3, 0.4) is 0 Å². The lowest BCUT2D eigenvalue weighted by atomic mass is 10.2. The van der Waals surface area contributed by atoms with Gasteiger partial charge < -0.3 is 14.8 Å². The first kappa shape index (κ1) is 25.3. The van der Waals surface area contributed by atoms with Crippen LogP contribution in [0.1, 0.15) is 46.9 Å². The standard InChI is InChI=1S/C27H29N3O5/c1-2-3-9-25(31)28-22-14-10-20(11-15-22)26(32)29-30-27(33)21-12-16-24(17-13-21)35-19-18-34-23-7-5-4-6-8-23/h4-8,10-17H,2-3,9,18-19H2,1H3,(H,28,31)(H,29,32)(H,30,33). The largest absolute Gasteiger partial charge is 0.490 e. The molecule has 0 aliphatic rings. The first-order valence-corrected chi connectivity index (χ1v) is 11.5. The lowest BCUT2D eigenvalue weighted by Crippen LogP contribution is -2.41. The van der Waals surface area contributed by atoms with Crippen molar-refractivity contribution in [1.82, 2.24) is 10.9 Å². The second-order valence-corrected chi connectivity index (χ2v) is 7.67. The Morgan fingerprint density at radius 2 is 1.20 bits per heavy atom. The van der Waals surface area contributed by atoms with Crippen LogP contribution in [0.4, 0.5) is 5.69 Å². The highest BCUT2D eigenvalue weighted by atomic mass is 16.5. The molecular weight excluding hydrogens is 446 g/mol. The third-order valence-electron chi connectivity index (χ3n) is 4.96. The van der Waals surface area contributed by atoms with Gasteiger partial charge in [0.2, 0.25) is 5.91 Å². The lowest BCUT2D eigenvalue weighted by Gasteiger charge is -2.10. The van der Waals surface area contributed by atoms with Crippen molar-refractivity contribution in [1.29, 1.82) is 0 Å². The van der Waals surface area contributed by atoms with Crippen LogP contribution >= 0.6 is 0 Å². The maximum absolute atomic E-state index is 12.3. The van der Waals surface area contributed by atoms with Gasteiger partial charge in [-0.05, 0) is 67.1 Å². The maximum atomic E-state index is 12.3. The molecule has 0 bridgehead atoms. The van der Waals surface area contributed by atoms with Crippen LogP contribution in [0.2, 0.25) is 0 Å². The summed E-state index contributed by atoms with van der Waals surface area (Å²) in [6.45, 7) is 2.77. The van der Waals surface area contributed by atoms with Gasteiger partial charge >= 0.3 is 0 Å². The molecule has 0 aromatic heterocycles. The van der Waals surface area contributed by atoms with E-state index in [1.807, 2.05) is 37.3 Å². The summed E-state index contributed by atoms with van der Waals surface area (Å²) in [4.78, 5) is 36.4. The molecule has 0 aliphatic carbocycles. The molecular formula is C27H29N3O5. The van der Waals surface area contributed by atoms with Crippen molar-refractivity contribution < 1.29 is 23.9 Å². The molecule has 0 unspecified atom stereocenters. The molecule has 0 fully saturated rings. The molecule has 3 aromatic rings. The Morgan fingerprint density at radius 1 is 0.686 bits per heavy atom. The Morgan fingerprint density at radius 3 is 1.74 bits per heavy atom. The highest BCUT2D eigenvalue weighted by molar-refractivity contribution is 5.99. The van der Waals surface area contributed by atoms with Crippen LogP contribution in [0, 0.1) is 0 Å². The third kappa shape index (κ3) is 8.51. The number of hydrogen-bond donors (Lipinski definition) is 3. The average Bonchev–Trinajstić information content (AvgIpc) is 2.89. The molecule has 8 heteroatoms. The van der Waals surface area contributed by atoms with Gasteiger partial charge in [-0.1, -0.05) is 31.5 Å². The van der Waals surface area contributed by atoms with E-state index >= 15 is 0 Å². The molecule has 3 aromatic carbocycles. The van der Waals surface area contributed by atoms with Crippen molar-refractivity contribution in [3.05, 3.63) is 90.0 Å². The molecule has 3 rings (SSSR count). The van der Waals surface area contributed by atoms with Crippen LogP contribution in [-0.4, -0.2) is 30.9 Å². The van der Waals surface area contributed by atoms with E-state index in [9.17, 15) is 14.4 Å². The minimum atomic E-state index is -0.472. The number of carbonyl (C=O) groups is 3. The van der Waals surface area contributed by atoms with E-state index in [0.717, 1.165) is 18.6 Å². The van der Waals surface area contributed by atoms with Crippen molar-refractivity contribution in [3.8, 4) is 11.5 Å². The lowest BCUT2D eigenvalue weighted by molar-refractivity contribution is -0.116. The van der Waals surface area contributed by atoms with E-state index in [1.54, 1.807) is 48.5 Å². The summed E-state index contributed by atoms with van der Waals surface area (Å²) in [6.07, 6.45) is 2.23. The van der Waals surface area contributed by atoms with Crippen LogP contribution in [0.5, 0.6) is 11.5 Å². The molecule has 0 atom stereocenters. The van der Waals surface area contributed by atoms with Crippen LogP contribution in [-0.2, 0) is 4.79 Å². The summed E-state index contributed by atoms with van der Waals surface area (Å²) in [5, 5.41) is 2.78. The number of unbranched alkanes of at least 4 members (excludes halogenated alkanes) is 1. The number of ether oxygens (including phenoxy) is 2. The number of carbonyl (C=O) groups excluding carboxylic acids is 3. The van der Waals surface area contributed by atoms with Crippen LogP contribution < -0.4 is 25.6 Å². The van der Waals surface area contributed by atoms with E-state index in [4.69, 9.17) is 9.47 Å². The Kier molecular flexibility index (Phi) is 9.68. The topological polar surface area (TPSA) is 106 Å². The van der Waals surface area contributed by atoms with Gasteiger partial charge in [-0.3, -0.25) is 25.2 Å². The van der Waals surface area contributed by atoms with Crippen molar-refractivity contribution in [2.24, 2.45) is 0 Å². The number of hydrazine groups is 1. The number of amides is 3. The predicted octanol–water partition coefficient (Wildman–Crippen LogP) is 4.35. The molecule has 182 valence electrons. The van der Waals surface area contributed by atoms with Gasteiger partial charge in [0.05, 0.1) is 0 Å². The zero-order chi connectivity index (χ0) is 24.9. The van der Waals surface area contributed by atoms with Gasteiger partial charge in [0.1, 0.15) is 24.7 Å². The predicted molar refractivity (Wildman–Crippen MR) is 133 cm³/mol. The SMILES string of the molecule is CCCCC(=O)Nc1ccc(C(=O)NNC(=O)c2ccc(OCCOc3ccccc3)cc2)cc1. The first-order chi connectivity index (χ1) is 17.0. The fraction of sp³-hybridized carbons (Fsp3) is 0.222. The summed E-state index contributed by atoms with van der Waals surface area (Å²) in [5.74, 6) is 0.380. The fourth-order valence-corrected chi connectivity index (χ4v) is 3.06. The van der Waals surface area contributed by atoms with Gasteiger partial charge in [-0.25, -0.2) is 0 Å². The minimum absolute atomic E-state index is 0.0618. The Balaban J connectivity index is 1.40. The highest BCUT2D eigenvalue weighted by Gasteiger charge is 2.10. The van der Waals surface area contributed by atoms with Crippen molar-refractivity contribution >= 4 is 23.4 Å². The van der Waals surface area contributed by atoms with E-state index < -0.39 is 11.8 Å². The Bertz CT molecular complexity index is 1100. The van der Waals surface area contributed by atoms with Crippen molar-refractivity contribution in [2.45, 2.75) is 26.2 Å². The quantitative estimate of drug-likeness (QED) is 0.282. The zero-order valence-corrected chi connectivity index (χ0v) is 19.6. The molecule has 8 nitrogen and oxygen atoms in total. The summed E-state index contributed by atoms with van der Waals surface area (Å²) in [5.41, 5.74) is 6.09. The first-order valence-electron chi connectivity index (χ1n) is 11.5. The molecule has 0 heterocycles. The molecule has 0 saturated carbocycles. The van der Waals surface area contributed by atoms with Gasteiger partial charge in [-0.15, -0.1) is 0 Å². The van der Waals surface area contributed by atoms with Gasteiger partial charge in [0.15, 0.2) is 0 Å². The number of para-hydroxylation sites is 1. The summed E-state index contributed by atoms with van der Waals surface area (Å²) >= 11 is 0. The summed E-state index contributed by atoms with van der Waals surface area (Å²) in [6, 6.07) is 22.4. The molecule has 3 amide bonds. The van der Waals surface area contributed by atoms with Crippen LogP contribution in [0.15, 0.2) is 78.9 Å². The normalized spacial score (nSPS) is 10.2. The number of anilines is 1. The van der Waals surface area contributed by atoms with E-state index in [-0.39, 0.29) is 5.91 Å². The molecule has 35 heavy (non-hydrogen) atoms. The monoisotopic (exact) mass is 475 g/mol. The molecule has 0 aliphatic heterocycles. The summed E-state index contributed by atoms with van der Waals surface area (Å²) in [7, 11) is 0. The zero-order valence-electron chi connectivity index (χ0n) is 19.6. The van der Waals surface area contributed by atoms with Gasteiger partial charge in [-0.2, -0.15) is 0 Å². The highest BCUT2D eigenvalue weighted by Crippen LogP contribution is 2.13. The van der Waals surface area contributed by atoms with Gasteiger partial charge in [0.25, 0.3) is 11.8 Å². The van der Waals surface area contributed by atoms with E-state index in [0.29, 0.717) is 42.2 Å². The fourth-order valence-electron chi connectivity index (χ4n) is 3.06. The van der Waals surface area contributed by atoms with E-state index in [1.165, 1.54) is 0 Å². The molecule has 0 radical (unpaired) electrons. The second kappa shape index (κ2) is 13.4. The molecule has 3 N–H and O–H groups in total. The number of hydrogen-bond acceptors (Lipinski definition) is 5. The van der Waals surface area contributed by atoms with Crippen molar-refractivity contribution in [2.75, 3.05) is 18.5 Å². The molecule has 0 spiro atoms. The molecule has 0 saturated heterocycles. The Labute approximate surface area is 204 Å². The van der Waals surface area contributed by atoms with E-state index in [2.05, 4.69) is 16.2 Å². The number of rotatable bonds is 11. The third-order valence-corrected chi connectivity index (χ3v) is 4.96. The summed E-state index contributed by atoms with van der Waals surface area (Å²) < 4.78 is 11.2. The number of benzene rings is 3. The Hall–Kier alpha value is -4.33. The maximum Gasteiger partial charge on any atom is 0.269 e. The smallest absolute Gasteiger partial charge is 0.269 e. The number of nitrogens with one attached hydrogen (secondary N) is 3.